The molecule has 0 unspecified atom stereocenters. The first kappa shape index (κ1) is 15.1. The first-order valence-electron chi connectivity index (χ1n) is 6.31. The minimum absolute atomic E-state index is 0.542. The van der Waals surface area contributed by atoms with Crippen LogP contribution in [0.2, 0.25) is 5.02 Å². The van der Waals surface area contributed by atoms with Gasteiger partial charge in [-0.15, -0.1) is 0 Å². The zero-order chi connectivity index (χ0) is 13.5. The fraction of sp³-hybridized carbons (Fsp3) is 0.467. The summed E-state index contributed by atoms with van der Waals surface area (Å²) < 4.78 is 5.82. The quantitative estimate of drug-likeness (QED) is 0.598. The molecular weight excluding hydrogens is 246 g/mol. The van der Waals surface area contributed by atoms with Crippen molar-refractivity contribution in [3.63, 3.8) is 0 Å². The smallest absolute Gasteiger partial charge is 0.125 e. The number of ether oxygens (including phenoxy) is 1. The van der Waals surface area contributed by atoms with Crippen LogP contribution in [0.15, 0.2) is 24.3 Å². The lowest BCUT2D eigenvalue weighted by atomic mass is 10.1. The Bertz CT molecular complexity index is 392. The van der Waals surface area contributed by atoms with E-state index in [1.54, 1.807) is 0 Å². The highest BCUT2D eigenvalue weighted by atomic mass is 35.5. The SMILES string of the molecule is C=C(CNCCC)COc1c(C)cc(Cl)cc1C. The molecule has 0 spiro atoms. The van der Waals surface area contributed by atoms with Crippen molar-refractivity contribution in [2.45, 2.75) is 27.2 Å². The summed E-state index contributed by atoms with van der Waals surface area (Å²) in [5.41, 5.74) is 3.18. The molecule has 1 N–H and O–H groups in total. The third-order valence-corrected chi connectivity index (χ3v) is 2.87. The van der Waals surface area contributed by atoms with Crippen LogP contribution in [0.1, 0.15) is 24.5 Å². The van der Waals surface area contributed by atoms with E-state index in [4.69, 9.17) is 16.3 Å². The van der Waals surface area contributed by atoms with Crippen LogP contribution in [0.25, 0.3) is 0 Å². The highest BCUT2D eigenvalue weighted by Crippen LogP contribution is 2.27. The van der Waals surface area contributed by atoms with E-state index < -0.39 is 0 Å². The summed E-state index contributed by atoms with van der Waals surface area (Å²) in [7, 11) is 0. The zero-order valence-corrected chi connectivity index (χ0v) is 12.2. The lowest BCUT2D eigenvalue weighted by Gasteiger charge is -2.14. The van der Waals surface area contributed by atoms with Gasteiger partial charge in [0.25, 0.3) is 0 Å². The van der Waals surface area contributed by atoms with Crippen molar-refractivity contribution in [2.75, 3.05) is 19.7 Å². The van der Waals surface area contributed by atoms with Crippen LogP contribution < -0.4 is 10.1 Å². The number of aryl methyl sites for hydroxylation is 2. The standard InChI is InChI=1S/C15H22ClNO/c1-5-6-17-9-11(2)10-18-15-12(3)7-14(16)8-13(15)4/h7-8,17H,2,5-6,9-10H2,1,3-4H3. The number of hydrogen-bond donors (Lipinski definition) is 1. The minimum atomic E-state index is 0.542. The van der Waals surface area contributed by atoms with Crippen LogP contribution in [0, 0.1) is 13.8 Å². The monoisotopic (exact) mass is 267 g/mol. The second kappa shape index (κ2) is 7.45. The zero-order valence-electron chi connectivity index (χ0n) is 11.5. The van der Waals surface area contributed by atoms with Crippen molar-refractivity contribution in [3.05, 3.63) is 40.4 Å². The molecule has 0 bridgehead atoms. The topological polar surface area (TPSA) is 21.3 Å². The van der Waals surface area contributed by atoms with Gasteiger partial charge < -0.3 is 10.1 Å². The van der Waals surface area contributed by atoms with Crippen LogP contribution in [-0.4, -0.2) is 19.7 Å². The Morgan fingerprint density at radius 3 is 2.50 bits per heavy atom. The fourth-order valence-electron chi connectivity index (χ4n) is 1.79. The average molecular weight is 268 g/mol. The van der Waals surface area contributed by atoms with Crippen molar-refractivity contribution < 1.29 is 4.74 Å². The molecule has 3 heteroatoms. The maximum Gasteiger partial charge on any atom is 0.125 e. The lowest BCUT2D eigenvalue weighted by Crippen LogP contribution is -2.20. The predicted molar refractivity (Wildman–Crippen MR) is 78.7 cm³/mol. The van der Waals surface area contributed by atoms with Gasteiger partial charge in [-0.3, -0.25) is 0 Å². The lowest BCUT2D eigenvalue weighted by molar-refractivity contribution is 0.343. The van der Waals surface area contributed by atoms with Crippen molar-refractivity contribution in [2.24, 2.45) is 0 Å². The summed E-state index contributed by atoms with van der Waals surface area (Å²) in [4.78, 5) is 0. The van der Waals surface area contributed by atoms with E-state index in [0.717, 1.165) is 47.0 Å². The Balaban J connectivity index is 2.51. The van der Waals surface area contributed by atoms with E-state index in [0.29, 0.717) is 6.61 Å². The molecule has 2 nitrogen and oxygen atoms in total. The average Bonchev–Trinajstić information content (AvgIpc) is 2.27. The molecule has 0 saturated carbocycles. The molecule has 0 aliphatic rings. The van der Waals surface area contributed by atoms with E-state index in [1.165, 1.54) is 0 Å². The van der Waals surface area contributed by atoms with Crippen LogP contribution >= 0.6 is 11.6 Å². The predicted octanol–water partition coefficient (Wildman–Crippen LogP) is 3.89. The molecular formula is C15H22ClNO. The minimum Gasteiger partial charge on any atom is -0.489 e. The van der Waals surface area contributed by atoms with Crippen LogP contribution in [0.3, 0.4) is 0 Å². The maximum atomic E-state index is 5.99. The van der Waals surface area contributed by atoms with Gasteiger partial charge >= 0.3 is 0 Å². The Labute approximate surface area is 115 Å². The van der Waals surface area contributed by atoms with Crippen molar-refractivity contribution in [1.29, 1.82) is 0 Å². The van der Waals surface area contributed by atoms with Gasteiger partial charge in [0.2, 0.25) is 0 Å². The number of halogens is 1. The molecule has 0 aromatic heterocycles. The van der Waals surface area contributed by atoms with Gasteiger partial charge in [0.15, 0.2) is 0 Å². The van der Waals surface area contributed by atoms with Crippen molar-refractivity contribution in [1.82, 2.24) is 5.32 Å². The summed E-state index contributed by atoms with van der Waals surface area (Å²) in [6.45, 7) is 12.5. The van der Waals surface area contributed by atoms with Gasteiger partial charge in [-0.1, -0.05) is 25.1 Å². The molecule has 100 valence electrons. The van der Waals surface area contributed by atoms with Gasteiger partial charge in [-0.2, -0.15) is 0 Å². The molecule has 0 fully saturated rings. The summed E-state index contributed by atoms with van der Waals surface area (Å²) in [6, 6.07) is 3.84. The Morgan fingerprint density at radius 1 is 1.33 bits per heavy atom. The molecule has 0 amide bonds. The molecule has 1 rings (SSSR count). The van der Waals surface area contributed by atoms with E-state index in [2.05, 4.69) is 18.8 Å². The van der Waals surface area contributed by atoms with Crippen molar-refractivity contribution >= 4 is 11.6 Å². The Morgan fingerprint density at radius 2 is 1.94 bits per heavy atom. The van der Waals surface area contributed by atoms with Gasteiger partial charge in [-0.25, -0.2) is 0 Å². The van der Waals surface area contributed by atoms with Crippen molar-refractivity contribution in [3.8, 4) is 5.75 Å². The van der Waals surface area contributed by atoms with Gasteiger partial charge in [0.1, 0.15) is 12.4 Å². The molecule has 0 aliphatic heterocycles. The Kier molecular flexibility index (Phi) is 6.23. The van der Waals surface area contributed by atoms with E-state index in [-0.39, 0.29) is 0 Å². The molecule has 0 radical (unpaired) electrons. The highest BCUT2D eigenvalue weighted by molar-refractivity contribution is 6.30. The first-order chi connectivity index (χ1) is 8.54. The number of rotatable bonds is 7. The van der Waals surface area contributed by atoms with Crippen LogP contribution in [-0.2, 0) is 0 Å². The molecule has 0 heterocycles. The largest absolute Gasteiger partial charge is 0.489 e. The molecule has 0 aliphatic carbocycles. The second-order valence-corrected chi connectivity index (χ2v) is 5.02. The summed E-state index contributed by atoms with van der Waals surface area (Å²) in [5.74, 6) is 0.913. The third kappa shape index (κ3) is 4.71. The first-order valence-corrected chi connectivity index (χ1v) is 6.69. The third-order valence-electron chi connectivity index (χ3n) is 2.65. The molecule has 1 aromatic carbocycles. The van der Waals surface area contributed by atoms with Gasteiger partial charge in [-0.05, 0) is 55.6 Å². The fourth-order valence-corrected chi connectivity index (χ4v) is 2.12. The highest BCUT2D eigenvalue weighted by Gasteiger charge is 2.06. The molecule has 0 saturated heterocycles. The van der Waals surface area contributed by atoms with Crippen LogP contribution in [0.5, 0.6) is 5.75 Å². The number of benzene rings is 1. The summed E-state index contributed by atoms with van der Waals surface area (Å²) >= 11 is 5.99. The van der Waals surface area contributed by atoms with E-state index in [1.807, 2.05) is 26.0 Å². The molecule has 18 heavy (non-hydrogen) atoms. The van der Waals surface area contributed by atoms with Crippen LogP contribution in [0.4, 0.5) is 0 Å². The number of hydrogen-bond acceptors (Lipinski definition) is 2. The summed E-state index contributed by atoms with van der Waals surface area (Å²) in [5, 5.41) is 4.06. The van der Waals surface area contributed by atoms with E-state index in [9.17, 15) is 0 Å². The second-order valence-electron chi connectivity index (χ2n) is 4.58. The summed E-state index contributed by atoms with van der Waals surface area (Å²) in [6.07, 6.45) is 1.13. The van der Waals surface area contributed by atoms with Gasteiger partial charge in [0, 0.05) is 11.6 Å². The molecule has 1 aromatic rings. The van der Waals surface area contributed by atoms with Gasteiger partial charge in [0.05, 0.1) is 0 Å². The molecule has 0 atom stereocenters. The number of nitrogens with one attached hydrogen (secondary N) is 1. The Hall–Kier alpha value is -0.990. The maximum absolute atomic E-state index is 5.99. The normalized spacial score (nSPS) is 10.4. The van der Waals surface area contributed by atoms with E-state index >= 15 is 0 Å².